The minimum atomic E-state index is -2.32. The smallest absolute Gasteiger partial charge is 0.306 e. The molecule has 1 N–H and O–H groups in total. The van der Waals surface area contributed by atoms with Crippen molar-refractivity contribution < 1.29 is 41.8 Å². The molecule has 1 aromatic carbocycles. The standard InChI is InChI=1S/C50H96O9Si4/c1-36(34-51)47(54-35-39-26-28-40(53-13)29-27-39)38(3)45(59-63(21,22)50(10,11)12)33-42(57-62(19,20)49(7,8)9)32-41(56-61(17,18)48(4,5)6)24-23-25-44(58-60(14,15)16)37(2)43-30-31-46(52)55-43/h23-24,26-29,36-38,41-45,47,51H,25,30-35H2,1-22H3/b24-23+/t36-,37+,38-,41+,42-,43+,44-,45+,47+/m0/s1. The monoisotopic (exact) mass is 953 g/mol. The maximum absolute atomic E-state index is 12.2. The van der Waals surface area contributed by atoms with Crippen molar-refractivity contribution in [2.45, 2.75) is 232 Å². The molecule has 1 fully saturated rings. The maximum Gasteiger partial charge on any atom is 0.306 e. The Hall–Kier alpha value is -1.14. The summed E-state index contributed by atoms with van der Waals surface area (Å²) in [7, 11) is -7.15. The summed E-state index contributed by atoms with van der Waals surface area (Å²) in [4.78, 5) is 12.2. The SMILES string of the molecule is COc1ccc(CO[C@@H]([C@@H](C)[C@@H](C[C@H](C[C@@H](/C=C/C[C@H](O[Si](C)(C)C)[C@H](C)[C@H]2CCC(=O)O2)O[Si](C)(C)C(C)(C)C)O[Si](C)(C)C(C)(C)C)O[Si](C)(C)C(C)(C)C)[C@@H](C)CO)cc1. The minimum Gasteiger partial charge on any atom is -0.497 e. The van der Waals surface area contributed by atoms with Gasteiger partial charge in [0.15, 0.2) is 33.3 Å². The van der Waals surface area contributed by atoms with Gasteiger partial charge in [-0.05, 0) is 111 Å². The molecule has 1 saturated heterocycles. The molecule has 0 spiro atoms. The number of aliphatic hydroxyl groups excluding tert-OH is 1. The van der Waals surface area contributed by atoms with Crippen LogP contribution in [0.3, 0.4) is 0 Å². The van der Waals surface area contributed by atoms with Crippen LogP contribution in [0.15, 0.2) is 36.4 Å². The Kier molecular flexibility index (Phi) is 21.4. The van der Waals surface area contributed by atoms with Gasteiger partial charge in [-0.15, -0.1) is 0 Å². The van der Waals surface area contributed by atoms with E-state index in [2.05, 4.69) is 154 Å². The average molecular weight is 954 g/mol. The van der Waals surface area contributed by atoms with E-state index in [4.69, 9.17) is 31.9 Å². The molecule has 0 saturated carbocycles. The predicted octanol–water partition coefficient (Wildman–Crippen LogP) is 13.3. The van der Waals surface area contributed by atoms with Crippen LogP contribution in [-0.2, 0) is 38.6 Å². The van der Waals surface area contributed by atoms with Gasteiger partial charge < -0.3 is 37.0 Å². The van der Waals surface area contributed by atoms with Crippen molar-refractivity contribution in [1.29, 1.82) is 0 Å². The first kappa shape index (κ1) is 58.0. The summed E-state index contributed by atoms with van der Waals surface area (Å²) < 4.78 is 47.3. The summed E-state index contributed by atoms with van der Waals surface area (Å²) in [5.74, 6) is 0.571. The highest BCUT2D eigenvalue weighted by Gasteiger charge is 2.46. The van der Waals surface area contributed by atoms with E-state index >= 15 is 0 Å². The van der Waals surface area contributed by atoms with Crippen LogP contribution in [-0.4, -0.2) is 94.7 Å². The first-order valence-corrected chi connectivity index (χ1v) is 36.1. The molecule has 0 bridgehead atoms. The van der Waals surface area contributed by atoms with Crippen molar-refractivity contribution in [3.63, 3.8) is 0 Å². The molecule has 1 heterocycles. The molecule has 9 atom stereocenters. The number of methoxy groups -OCH3 is 1. The third-order valence-electron chi connectivity index (χ3n) is 14.6. The molecule has 9 nitrogen and oxygen atoms in total. The van der Waals surface area contributed by atoms with E-state index in [1.807, 2.05) is 24.3 Å². The van der Waals surface area contributed by atoms with E-state index in [1.165, 1.54) is 0 Å². The van der Waals surface area contributed by atoms with Crippen LogP contribution in [0.1, 0.15) is 121 Å². The molecular weight excluding hydrogens is 857 g/mol. The van der Waals surface area contributed by atoms with Gasteiger partial charge in [0.2, 0.25) is 0 Å². The van der Waals surface area contributed by atoms with Crippen LogP contribution in [0, 0.1) is 17.8 Å². The van der Waals surface area contributed by atoms with Gasteiger partial charge in [0.1, 0.15) is 11.9 Å². The molecule has 1 aliphatic rings. The lowest BCUT2D eigenvalue weighted by molar-refractivity contribution is -0.144. The van der Waals surface area contributed by atoms with Crippen molar-refractivity contribution in [2.24, 2.45) is 17.8 Å². The zero-order valence-corrected chi connectivity index (χ0v) is 48.3. The molecule has 0 unspecified atom stereocenters. The minimum absolute atomic E-state index is 0.00338. The van der Waals surface area contributed by atoms with Gasteiger partial charge in [0.05, 0.1) is 44.2 Å². The van der Waals surface area contributed by atoms with Crippen LogP contribution in [0.5, 0.6) is 5.75 Å². The number of ether oxygens (including phenoxy) is 3. The number of hydrogen-bond acceptors (Lipinski definition) is 9. The second-order valence-electron chi connectivity index (χ2n) is 24.3. The molecule has 13 heteroatoms. The van der Waals surface area contributed by atoms with Crippen molar-refractivity contribution in [3.8, 4) is 5.75 Å². The summed E-state index contributed by atoms with van der Waals surface area (Å²) in [5, 5.41) is 10.6. The highest BCUT2D eigenvalue weighted by Crippen LogP contribution is 2.44. The van der Waals surface area contributed by atoms with Gasteiger partial charge in [-0.2, -0.15) is 0 Å². The van der Waals surface area contributed by atoms with Crippen LogP contribution >= 0.6 is 0 Å². The van der Waals surface area contributed by atoms with Crippen molar-refractivity contribution in [2.75, 3.05) is 13.7 Å². The fourth-order valence-electron chi connectivity index (χ4n) is 7.36. The van der Waals surface area contributed by atoms with Gasteiger partial charge in [0, 0.05) is 37.2 Å². The van der Waals surface area contributed by atoms with E-state index in [0.29, 0.717) is 32.3 Å². The maximum atomic E-state index is 12.2. The second kappa shape index (κ2) is 23.2. The van der Waals surface area contributed by atoms with E-state index in [0.717, 1.165) is 17.7 Å². The largest absolute Gasteiger partial charge is 0.497 e. The van der Waals surface area contributed by atoms with Crippen molar-refractivity contribution >= 4 is 39.2 Å². The number of aliphatic hydroxyl groups is 1. The topological polar surface area (TPSA) is 102 Å². The lowest BCUT2D eigenvalue weighted by Gasteiger charge is -2.46. The molecule has 0 aromatic heterocycles. The van der Waals surface area contributed by atoms with E-state index in [1.54, 1.807) is 7.11 Å². The zero-order valence-electron chi connectivity index (χ0n) is 44.3. The van der Waals surface area contributed by atoms with Gasteiger partial charge >= 0.3 is 5.97 Å². The quantitative estimate of drug-likeness (QED) is 0.0583. The number of esters is 1. The first-order chi connectivity index (χ1) is 28.5. The molecule has 0 radical (unpaired) electrons. The lowest BCUT2D eigenvalue weighted by atomic mass is 9.86. The third-order valence-corrected chi connectivity index (χ3v) is 29.2. The molecule has 0 aliphatic carbocycles. The summed E-state index contributed by atoms with van der Waals surface area (Å²) in [6.45, 7) is 48.3. The Morgan fingerprint density at radius 3 is 1.73 bits per heavy atom. The number of rotatable bonds is 25. The summed E-state index contributed by atoms with van der Waals surface area (Å²) >= 11 is 0. The van der Waals surface area contributed by atoms with Gasteiger partial charge in [-0.3, -0.25) is 4.79 Å². The first-order valence-electron chi connectivity index (χ1n) is 24.0. The van der Waals surface area contributed by atoms with E-state index < -0.39 is 33.3 Å². The molecular formula is C50H96O9Si4. The van der Waals surface area contributed by atoms with Crippen molar-refractivity contribution in [1.82, 2.24) is 0 Å². The molecule has 1 aromatic rings. The van der Waals surface area contributed by atoms with Gasteiger partial charge in [-0.1, -0.05) is 107 Å². The summed E-state index contributed by atoms with van der Waals surface area (Å²) in [6.07, 6.45) is 6.68. The number of hydrogen-bond donors (Lipinski definition) is 1. The number of carbonyl (C=O) groups excluding carboxylic acids is 1. The molecule has 0 amide bonds. The number of cyclic esters (lactones) is 1. The summed E-state index contributed by atoms with van der Waals surface area (Å²) in [5.41, 5.74) is 1.05. The highest BCUT2D eigenvalue weighted by molar-refractivity contribution is 6.75. The number of carbonyl (C=O) groups is 1. The Morgan fingerprint density at radius 1 is 0.746 bits per heavy atom. The van der Waals surface area contributed by atoms with Crippen LogP contribution in [0.2, 0.25) is 74.0 Å². The zero-order chi connectivity index (χ0) is 48.6. The van der Waals surface area contributed by atoms with Gasteiger partial charge in [-0.25, -0.2) is 0 Å². The molecule has 2 rings (SSSR count). The predicted molar refractivity (Wildman–Crippen MR) is 273 cm³/mol. The lowest BCUT2D eigenvalue weighted by Crippen LogP contribution is -2.51. The second-order valence-corrected chi connectivity index (χ2v) is 43.0. The fourth-order valence-corrected chi connectivity index (χ4v) is 12.7. The summed E-state index contributed by atoms with van der Waals surface area (Å²) in [6, 6.07) is 8.00. The Balaban J connectivity index is 2.72. The van der Waals surface area contributed by atoms with Crippen LogP contribution < -0.4 is 4.74 Å². The van der Waals surface area contributed by atoms with Crippen molar-refractivity contribution in [3.05, 3.63) is 42.0 Å². The Labute approximate surface area is 391 Å². The molecule has 1 aliphatic heterocycles. The van der Waals surface area contributed by atoms with Gasteiger partial charge in [0.25, 0.3) is 0 Å². The third kappa shape index (κ3) is 18.1. The molecule has 366 valence electrons. The van der Waals surface area contributed by atoms with E-state index in [9.17, 15) is 9.90 Å². The molecule has 63 heavy (non-hydrogen) atoms. The normalized spacial score (nSPS) is 20.2. The average Bonchev–Trinajstić information content (AvgIpc) is 3.57. The fraction of sp³-hybridized carbons (Fsp3) is 0.820. The Bertz CT molecular complexity index is 1550. The van der Waals surface area contributed by atoms with E-state index in [-0.39, 0.29) is 82.1 Å². The van der Waals surface area contributed by atoms with Crippen LogP contribution in [0.4, 0.5) is 0 Å². The number of benzene rings is 1. The highest BCUT2D eigenvalue weighted by atomic mass is 28.4. The Morgan fingerprint density at radius 2 is 1.27 bits per heavy atom. The van der Waals surface area contributed by atoms with Crippen LogP contribution in [0.25, 0.3) is 0 Å².